The Morgan fingerprint density at radius 3 is 2.58 bits per heavy atom. The zero-order valence-electron chi connectivity index (χ0n) is 14.0. The van der Waals surface area contributed by atoms with Gasteiger partial charge in [-0.05, 0) is 48.0 Å². The highest BCUT2D eigenvalue weighted by Crippen LogP contribution is 2.24. The summed E-state index contributed by atoms with van der Waals surface area (Å²) in [6.07, 6.45) is 3.14. The second kappa shape index (κ2) is 8.92. The Hall–Kier alpha value is -2.98. The van der Waals surface area contributed by atoms with Crippen molar-refractivity contribution in [3.8, 4) is 11.3 Å². The molecule has 26 heavy (non-hydrogen) atoms. The predicted molar refractivity (Wildman–Crippen MR) is 103 cm³/mol. The first-order valence-corrected chi connectivity index (χ1v) is 8.55. The van der Waals surface area contributed by atoms with Gasteiger partial charge in [-0.3, -0.25) is 0 Å². The summed E-state index contributed by atoms with van der Waals surface area (Å²) in [5.74, 6) is 1.46. The number of alkyl carbamates (subject to hydrolysis) is 1. The highest BCUT2D eigenvalue weighted by molar-refractivity contribution is 6.30. The molecule has 0 aliphatic rings. The summed E-state index contributed by atoms with van der Waals surface area (Å²) >= 11 is 5.89. The molecular weight excluding hydrogens is 350 g/mol. The fourth-order valence-corrected chi connectivity index (χ4v) is 2.43. The van der Waals surface area contributed by atoms with Gasteiger partial charge in [-0.15, -0.1) is 0 Å². The number of halogens is 1. The van der Waals surface area contributed by atoms with Gasteiger partial charge >= 0.3 is 6.09 Å². The van der Waals surface area contributed by atoms with Crippen LogP contribution in [-0.4, -0.2) is 12.6 Å². The second-order valence-electron chi connectivity index (χ2n) is 5.55. The highest BCUT2D eigenvalue weighted by atomic mass is 35.5. The molecule has 0 bridgehead atoms. The van der Waals surface area contributed by atoms with Crippen LogP contribution in [0.2, 0.25) is 5.02 Å². The van der Waals surface area contributed by atoms with Crippen molar-refractivity contribution in [2.24, 2.45) is 0 Å². The van der Waals surface area contributed by atoms with Crippen LogP contribution in [0.1, 0.15) is 11.3 Å². The fraction of sp³-hybridized carbons (Fsp3) is 0.0952. The van der Waals surface area contributed by atoms with E-state index in [1.807, 2.05) is 66.7 Å². The van der Waals surface area contributed by atoms with Gasteiger partial charge in [0.15, 0.2) is 0 Å². The van der Waals surface area contributed by atoms with E-state index < -0.39 is 6.09 Å². The lowest BCUT2D eigenvalue weighted by Gasteiger charge is -2.05. The summed E-state index contributed by atoms with van der Waals surface area (Å²) < 4.78 is 10.9. The van der Waals surface area contributed by atoms with Crippen LogP contribution >= 0.6 is 11.6 Å². The molecule has 0 saturated heterocycles. The predicted octanol–water partition coefficient (Wildman–Crippen LogP) is 5.54. The lowest BCUT2D eigenvalue weighted by molar-refractivity contribution is 0.141. The molecule has 3 rings (SSSR count). The first kappa shape index (κ1) is 17.8. The lowest BCUT2D eigenvalue weighted by Crippen LogP contribution is -2.24. The van der Waals surface area contributed by atoms with Gasteiger partial charge in [0.2, 0.25) is 0 Å². The normalized spacial score (nSPS) is 10.8. The third-order valence-corrected chi connectivity index (χ3v) is 3.87. The SMILES string of the molecule is O=C(NCC=Cc1ccc(-c2ccc(Cl)cc2)o1)OCc1ccccc1. The van der Waals surface area contributed by atoms with Gasteiger partial charge in [0.1, 0.15) is 18.1 Å². The molecule has 1 heterocycles. The third kappa shape index (κ3) is 5.26. The molecule has 0 saturated carbocycles. The molecule has 0 spiro atoms. The first-order valence-electron chi connectivity index (χ1n) is 8.17. The minimum atomic E-state index is -0.459. The van der Waals surface area contributed by atoms with Crippen LogP contribution in [0, 0.1) is 0 Å². The molecule has 5 heteroatoms. The Labute approximate surface area is 157 Å². The summed E-state index contributed by atoms with van der Waals surface area (Å²) in [5, 5.41) is 3.35. The monoisotopic (exact) mass is 367 g/mol. The van der Waals surface area contributed by atoms with Crippen molar-refractivity contribution >= 4 is 23.8 Å². The second-order valence-corrected chi connectivity index (χ2v) is 5.99. The van der Waals surface area contributed by atoms with Gasteiger partial charge in [0.05, 0.1) is 0 Å². The van der Waals surface area contributed by atoms with Gasteiger partial charge in [-0.25, -0.2) is 4.79 Å². The molecule has 0 unspecified atom stereocenters. The number of ether oxygens (including phenoxy) is 1. The smallest absolute Gasteiger partial charge is 0.407 e. The molecule has 0 atom stereocenters. The Morgan fingerprint density at radius 1 is 1.04 bits per heavy atom. The number of benzene rings is 2. The molecule has 1 amide bonds. The van der Waals surface area contributed by atoms with E-state index in [2.05, 4.69) is 5.32 Å². The average Bonchev–Trinajstić information content (AvgIpc) is 3.14. The number of hydrogen-bond acceptors (Lipinski definition) is 3. The van der Waals surface area contributed by atoms with Crippen LogP contribution in [0.5, 0.6) is 0 Å². The van der Waals surface area contributed by atoms with Gasteiger partial charge in [-0.2, -0.15) is 0 Å². The molecule has 2 aromatic carbocycles. The first-order chi connectivity index (χ1) is 12.7. The third-order valence-electron chi connectivity index (χ3n) is 3.61. The van der Waals surface area contributed by atoms with Crippen LogP contribution in [0.15, 0.2) is 77.2 Å². The molecule has 0 aliphatic heterocycles. The minimum Gasteiger partial charge on any atom is -0.457 e. The van der Waals surface area contributed by atoms with E-state index in [0.717, 1.165) is 16.9 Å². The average molecular weight is 368 g/mol. The fourth-order valence-electron chi connectivity index (χ4n) is 2.30. The summed E-state index contributed by atoms with van der Waals surface area (Å²) in [5.41, 5.74) is 1.90. The highest BCUT2D eigenvalue weighted by Gasteiger charge is 2.03. The van der Waals surface area contributed by atoms with Crippen LogP contribution in [0.25, 0.3) is 17.4 Å². The van der Waals surface area contributed by atoms with E-state index in [1.54, 1.807) is 12.2 Å². The van der Waals surface area contributed by atoms with E-state index >= 15 is 0 Å². The van der Waals surface area contributed by atoms with E-state index in [9.17, 15) is 4.79 Å². The zero-order chi connectivity index (χ0) is 18.2. The zero-order valence-corrected chi connectivity index (χ0v) is 14.8. The Balaban J connectivity index is 1.44. The van der Waals surface area contributed by atoms with Crippen LogP contribution in [-0.2, 0) is 11.3 Å². The van der Waals surface area contributed by atoms with Crippen molar-refractivity contribution in [3.63, 3.8) is 0 Å². The summed E-state index contributed by atoms with van der Waals surface area (Å²) in [4.78, 5) is 11.6. The molecule has 0 aliphatic carbocycles. The molecule has 3 aromatic rings. The minimum absolute atomic E-state index is 0.249. The Kier molecular flexibility index (Phi) is 6.12. The molecule has 132 valence electrons. The maximum atomic E-state index is 11.6. The van der Waals surface area contributed by atoms with Crippen LogP contribution < -0.4 is 5.32 Å². The Bertz CT molecular complexity index is 870. The van der Waals surface area contributed by atoms with E-state index in [-0.39, 0.29) is 6.61 Å². The molecule has 4 nitrogen and oxygen atoms in total. The molecule has 1 N–H and O–H groups in total. The standard InChI is InChI=1S/C21H18ClNO3/c22-18-10-8-17(9-11-18)20-13-12-19(26-20)7-4-14-23-21(24)25-15-16-5-2-1-3-6-16/h1-13H,14-15H2,(H,23,24). The van der Waals surface area contributed by atoms with Crippen molar-refractivity contribution in [1.82, 2.24) is 5.32 Å². The lowest BCUT2D eigenvalue weighted by atomic mass is 10.2. The number of carbonyl (C=O) groups excluding carboxylic acids is 1. The number of nitrogens with one attached hydrogen (secondary N) is 1. The summed E-state index contributed by atoms with van der Waals surface area (Å²) in [7, 11) is 0. The number of hydrogen-bond donors (Lipinski definition) is 1. The number of amides is 1. The summed E-state index contributed by atoms with van der Waals surface area (Å²) in [6, 6.07) is 20.7. The van der Waals surface area contributed by atoms with E-state index in [0.29, 0.717) is 17.3 Å². The maximum Gasteiger partial charge on any atom is 0.407 e. The van der Waals surface area contributed by atoms with Gasteiger partial charge in [0.25, 0.3) is 0 Å². The quantitative estimate of drug-likeness (QED) is 0.622. The van der Waals surface area contributed by atoms with Crippen molar-refractivity contribution in [2.75, 3.05) is 6.54 Å². The summed E-state index contributed by atoms with van der Waals surface area (Å²) in [6.45, 7) is 0.601. The van der Waals surface area contributed by atoms with Gasteiger partial charge in [0, 0.05) is 17.1 Å². The van der Waals surface area contributed by atoms with Crippen LogP contribution in [0.4, 0.5) is 4.79 Å². The van der Waals surface area contributed by atoms with Crippen molar-refractivity contribution in [3.05, 3.63) is 89.2 Å². The molecular formula is C21H18ClNO3. The van der Waals surface area contributed by atoms with Crippen molar-refractivity contribution in [2.45, 2.75) is 6.61 Å². The molecule has 0 fully saturated rings. The van der Waals surface area contributed by atoms with Gasteiger partial charge < -0.3 is 14.5 Å². The van der Waals surface area contributed by atoms with Crippen molar-refractivity contribution < 1.29 is 13.9 Å². The Morgan fingerprint density at radius 2 is 1.81 bits per heavy atom. The number of furan rings is 1. The van der Waals surface area contributed by atoms with Crippen molar-refractivity contribution in [1.29, 1.82) is 0 Å². The maximum absolute atomic E-state index is 11.6. The van der Waals surface area contributed by atoms with Crippen LogP contribution in [0.3, 0.4) is 0 Å². The van der Waals surface area contributed by atoms with Gasteiger partial charge in [-0.1, -0.05) is 48.0 Å². The molecule has 1 aromatic heterocycles. The van der Waals surface area contributed by atoms with E-state index in [4.69, 9.17) is 20.8 Å². The largest absolute Gasteiger partial charge is 0.457 e. The number of rotatable bonds is 6. The molecule has 0 radical (unpaired) electrons. The topological polar surface area (TPSA) is 51.5 Å². The number of carbonyl (C=O) groups is 1. The van der Waals surface area contributed by atoms with E-state index in [1.165, 1.54) is 0 Å².